The summed E-state index contributed by atoms with van der Waals surface area (Å²) in [5.74, 6) is 5.14. The summed E-state index contributed by atoms with van der Waals surface area (Å²) in [7, 11) is 0. The molecular formula is C22H34O. The van der Waals surface area contributed by atoms with Gasteiger partial charge in [0.05, 0.1) is 0 Å². The Morgan fingerprint density at radius 2 is 2.04 bits per heavy atom. The van der Waals surface area contributed by atoms with Crippen LogP contribution in [-0.4, -0.2) is 5.11 Å². The van der Waals surface area contributed by atoms with E-state index in [0.717, 1.165) is 36.0 Å². The molecule has 0 amide bonds. The van der Waals surface area contributed by atoms with Gasteiger partial charge in [-0.3, -0.25) is 0 Å². The van der Waals surface area contributed by atoms with Crippen LogP contribution in [0.4, 0.5) is 0 Å². The van der Waals surface area contributed by atoms with Crippen LogP contribution in [0.25, 0.3) is 0 Å². The molecule has 4 aliphatic rings. The van der Waals surface area contributed by atoms with Gasteiger partial charge >= 0.3 is 0 Å². The zero-order chi connectivity index (χ0) is 16.0. The van der Waals surface area contributed by atoms with E-state index in [1.165, 1.54) is 57.8 Å². The van der Waals surface area contributed by atoms with Crippen molar-refractivity contribution in [3.05, 3.63) is 23.5 Å². The first-order chi connectivity index (χ1) is 11.1. The third-order valence-corrected chi connectivity index (χ3v) is 8.27. The number of allylic oxidation sites excluding steroid dienone is 3. The number of aliphatic hydroxyl groups excluding tert-OH is 1. The van der Waals surface area contributed by atoms with Crippen LogP contribution < -0.4 is 0 Å². The molecule has 0 aliphatic heterocycles. The maximum Gasteiger partial charge on any atom is 0.111 e. The first kappa shape index (κ1) is 15.8. The number of hydrogen-bond donors (Lipinski definition) is 1. The molecule has 1 heteroatoms. The number of rotatable bonds is 3. The second kappa shape index (κ2) is 5.97. The Labute approximate surface area is 142 Å². The fourth-order valence-electron chi connectivity index (χ4n) is 7.06. The summed E-state index contributed by atoms with van der Waals surface area (Å²) in [5, 5.41) is 9.84. The molecule has 128 valence electrons. The summed E-state index contributed by atoms with van der Waals surface area (Å²) in [6.45, 7) is 4.99. The van der Waals surface area contributed by atoms with Crippen LogP contribution in [0.5, 0.6) is 0 Å². The van der Waals surface area contributed by atoms with Crippen molar-refractivity contribution >= 4 is 0 Å². The van der Waals surface area contributed by atoms with Gasteiger partial charge in [0.15, 0.2) is 0 Å². The molecule has 1 N–H and O–H groups in total. The number of aliphatic hydroxyl groups is 1. The van der Waals surface area contributed by atoms with E-state index in [4.69, 9.17) is 0 Å². The van der Waals surface area contributed by atoms with E-state index in [1.54, 1.807) is 5.57 Å². The first-order valence-electron chi connectivity index (χ1n) is 10.2. The van der Waals surface area contributed by atoms with Gasteiger partial charge in [-0.05, 0) is 98.5 Å². The summed E-state index contributed by atoms with van der Waals surface area (Å²) in [4.78, 5) is 0. The molecule has 3 saturated carbocycles. The summed E-state index contributed by atoms with van der Waals surface area (Å²) < 4.78 is 0. The van der Waals surface area contributed by atoms with Gasteiger partial charge in [-0.25, -0.2) is 0 Å². The molecule has 0 radical (unpaired) electrons. The predicted octanol–water partition coefficient (Wildman–Crippen LogP) is 6.42. The Hall–Kier alpha value is -0.720. The molecule has 0 aromatic heterocycles. The van der Waals surface area contributed by atoms with E-state index in [0.29, 0.717) is 11.2 Å². The molecule has 4 rings (SSSR count). The van der Waals surface area contributed by atoms with Crippen molar-refractivity contribution in [2.75, 3.05) is 0 Å². The quantitative estimate of drug-likeness (QED) is 0.637. The van der Waals surface area contributed by atoms with Gasteiger partial charge in [-0.15, -0.1) is 0 Å². The van der Waals surface area contributed by atoms with Crippen molar-refractivity contribution in [2.45, 2.75) is 78.1 Å². The van der Waals surface area contributed by atoms with Crippen LogP contribution in [-0.2, 0) is 0 Å². The minimum atomic E-state index is 0.524. The highest BCUT2D eigenvalue weighted by atomic mass is 16.3. The molecule has 4 unspecified atom stereocenters. The van der Waals surface area contributed by atoms with Gasteiger partial charge < -0.3 is 5.11 Å². The van der Waals surface area contributed by atoms with E-state index in [9.17, 15) is 5.11 Å². The van der Waals surface area contributed by atoms with Gasteiger partial charge in [0.2, 0.25) is 0 Å². The molecule has 0 bridgehead atoms. The number of hydrogen-bond acceptors (Lipinski definition) is 1. The highest BCUT2D eigenvalue weighted by molar-refractivity contribution is 5.28. The topological polar surface area (TPSA) is 20.2 Å². The van der Waals surface area contributed by atoms with Gasteiger partial charge in [0.1, 0.15) is 5.76 Å². The predicted molar refractivity (Wildman–Crippen MR) is 96.2 cm³/mol. The molecule has 3 fully saturated rings. The minimum Gasteiger partial charge on any atom is -0.508 e. The van der Waals surface area contributed by atoms with E-state index in [-0.39, 0.29) is 0 Å². The summed E-state index contributed by atoms with van der Waals surface area (Å²) >= 11 is 0. The van der Waals surface area contributed by atoms with E-state index in [1.807, 2.05) is 0 Å². The fourth-order valence-corrected chi connectivity index (χ4v) is 7.06. The molecule has 0 heterocycles. The molecular weight excluding hydrogens is 280 g/mol. The van der Waals surface area contributed by atoms with Crippen LogP contribution in [0.15, 0.2) is 23.5 Å². The molecule has 0 saturated heterocycles. The number of unbranched alkanes of at least 4 members (excludes halogenated alkanes) is 1. The summed E-state index contributed by atoms with van der Waals surface area (Å²) in [6, 6.07) is 0. The van der Waals surface area contributed by atoms with Crippen molar-refractivity contribution in [1.29, 1.82) is 0 Å². The summed E-state index contributed by atoms with van der Waals surface area (Å²) in [6.07, 6.45) is 18.1. The van der Waals surface area contributed by atoms with Gasteiger partial charge in [-0.2, -0.15) is 0 Å². The van der Waals surface area contributed by atoms with E-state index in [2.05, 4.69) is 26.0 Å². The molecule has 0 aromatic rings. The first-order valence-corrected chi connectivity index (χ1v) is 10.2. The van der Waals surface area contributed by atoms with Crippen LogP contribution >= 0.6 is 0 Å². The highest BCUT2D eigenvalue weighted by Gasteiger charge is 2.55. The van der Waals surface area contributed by atoms with Crippen molar-refractivity contribution in [2.24, 2.45) is 35.0 Å². The molecule has 0 spiro atoms. The number of fused-ring (bicyclic) bond motifs is 5. The van der Waals surface area contributed by atoms with Crippen molar-refractivity contribution in [1.82, 2.24) is 0 Å². The van der Waals surface area contributed by atoms with Crippen LogP contribution in [0.3, 0.4) is 0 Å². The van der Waals surface area contributed by atoms with Crippen molar-refractivity contribution in [3.63, 3.8) is 0 Å². The highest BCUT2D eigenvalue weighted by Crippen LogP contribution is 2.64. The Bertz CT molecular complexity index is 516. The monoisotopic (exact) mass is 314 g/mol. The largest absolute Gasteiger partial charge is 0.508 e. The Morgan fingerprint density at radius 1 is 1.17 bits per heavy atom. The second-order valence-corrected chi connectivity index (χ2v) is 9.12. The third-order valence-electron chi connectivity index (χ3n) is 8.27. The zero-order valence-corrected chi connectivity index (χ0v) is 15.1. The molecule has 0 aromatic carbocycles. The SMILES string of the molecule is CCCC[C@H]1CCC2C3CCC4=CC(O)=CCC4C3CC[C@@]21C. The molecule has 4 aliphatic carbocycles. The Morgan fingerprint density at radius 3 is 2.87 bits per heavy atom. The zero-order valence-electron chi connectivity index (χ0n) is 15.1. The average molecular weight is 315 g/mol. The molecule has 6 atom stereocenters. The normalized spacial score (nSPS) is 45.6. The van der Waals surface area contributed by atoms with Crippen LogP contribution in [0, 0.1) is 35.0 Å². The van der Waals surface area contributed by atoms with Gasteiger partial charge in [0, 0.05) is 0 Å². The maximum atomic E-state index is 9.84. The molecule has 23 heavy (non-hydrogen) atoms. The lowest BCUT2D eigenvalue weighted by molar-refractivity contribution is -0.0208. The van der Waals surface area contributed by atoms with Gasteiger partial charge in [0.25, 0.3) is 0 Å². The second-order valence-electron chi connectivity index (χ2n) is 9.12. The van der Waals surface area contributed by atoms with Crippen LogP contribution in [0.2, 0.25) is 0 Å². The van der Waals surface area contributed by atoms with Crippen LogP contribution in [0.1, 0.15) is 78.1 Å². The maximum absolute atomic E-state index is 9.84. The van der Waals surface area contributed by atoms with E-state index < -0.39 is 0 Å². The Balaban J connectivity index is 1.53. The standard InChI is InChI=1S/C22H34O/c1-3-4-5-16-7-11-21-20-9-6-15-14-17(23)8-10-18(15)19(20)12-13-22(16,21)2/h8,14,16,18-21,23H,3-7,9-13H2,1-2H3/t16-,18?,19?,20?,21?,22+/m0/s1. The summed E-state index contributed by atoms with van der Waals surface area (Å²) in [5.41, 5.74) is 2.21. The Kier molecular flexibility index (Phi) is 4.10. The van der Waals surface area contributed by atoms with Crippen molar-refractivity contribution < 1.29 is 5.11 Å². The lowest BCUT2D eigenvalue weighted by Crippen LogP contribution is -2.46. The smallest absolute Gasteiger partial charge is 0.111 e. The van der Waals surface area contributed by atoms with Crippen molar-refractivity contribution in [3.8, 4) is 0 Å². The minimum absolute atomic E-state index is 0.524. The lowest BCUT2D eigenvalue weighted by atomic mass is 9.51. The average Bonchev–Trinajstić information content (AvgIpc) is 2.89. The fraction of sp³-hybridized carbons (Fsp3) is 0.818. The van der Waals surface area contributed by atoms with Gasteiger partial charge in [-0.1, -0.05) is 32.3 Å². The third kappa shape index (κ3) is 2.50. The van der Waals surface area contributed by atoms with E-state index >= 15 is 0 Å². The lowest BCUT2D eigenvalue weighted by Gasteiger charge is -2.54. The molecule has 1 nitrogen and oxygen atoms in total.